The summed E-state index contributed by atoms with van der Waals surface area (Å²) in [4.78, 5) is 22.8. The number of aliphatic imine (C=N–C) groups is 1. The van der Waals surface area contributed by atoms with E-state index in [0.717, 1.165) is 57.1 Å². The number of hydrogen-bond acceptors (Lipinski definition) is 3. The molecular weight excluding hydrogens is 302 g/mol. The Bertz CT molecular complexity index is 517. The molecule has 1 amide bonds. The monoisotopic (exact) mass is 331 g/mol. The Hall–Kier alpha value is -2.11. The van der Waals surface area contributed by atoms with Crippen molar-refractivity contribution < 1.29 is 4.79 Å². The van der Waals surface area contributed by atoms with E-state index in [1.165, 1.54) is 6.42 Å². The van der Waals surface area contributed by atoms with Crippen LogP contribution in [0.5, 0.6) is 0 Å². The second kappa shape index (κ2) is 10.6. The number of rotatable bonds is 7. The first-order valence-corrected chi connectivity index (χ1v) is 8.99. The number of nitrogens with zero attached hydrogens (tertiary/aromatic N) is 3. The molecule has 0 radical (unpaired) electrons. The lowest BCUT2D eigenvalue weighted by Gasteiger charge is -2.20. The lowest BCUT2D eigenvalue weighted by atomic mass is 10.2. The maximum absolute atomic E-state index is 12.0. The Morgan fingerprint density at radius 2 is 2.21 bits per heavy atom. The molecule has 1 aliphatic heterocycles. The van der Waals surface area contributed by atoms with Gasteiger partial charge < -0.3 is 15.5 Å². The van der Waals surface area contributed by atoms with Crippen molar-refractivity contribution in [2.24, 2.45) is 4.99 Å². The Morgan fingerprint density at radius 3 is 3.00 bits per heavy atom. The summed E-state index contributed by atoms with van der Waals surface area (Å²) < 4.78 is 0. The fourth-order valence-corrected chi connectivity index (χ4v) is 2.75. The number of likely N-dealkylation sites (tertiary alicyclic amines) is 1. The minimum Gasteiger partial charge on any atom is -0.357 e. The predicted octanol–water partition coefficient (Wildman–Crippen LogP) is 1.93. The third kappa shape index (κ3) is 6.56. The maximum Gasteiger partial charge on any atom is 0.222 e. The average molecular weight is 331 g/mol. The van der Waals surface area contributed by atoms with Gasteiger partial charge in [-0.2, -0.15) is 0 Å². The summed E-state index contributed by atoms with van der Waals surface area (Å²) in [6.45, 7) is 5.96. The molecule has 0 saturated carbocycles. The largest absolute Gasteiger partial charge is 0.357 e. The molecule has 6 heteroatoms. The highest BCUT2D eigenvalue weighted by molar-refractivity contribution is 5.79. The van der Waals surface area contributed by atoms with Crippen molar-refractivity contribution >= 4 is 11.9 Å². The number of aromatic nitrogens is 1. The molecule has 0 spiro atoms. The fraction of sp³-hybridized carbons (Fsp3) is 0.611. The SMILES string of the molecule is CCNC(=NCc1ccccn1)NCCCN1CCCCCC1=O. The van der Waals surface area contributed by atoms with E-state index < -0.39 is 0 Å². The van der Waals surface area contributed by atoms with Crippen LogP contribution in [0.4, 0.5) is 0 Å². The summed E-state index contributed by atoms with van der Waals surface area (Å²) in [5, 5.41) is 6.57. The lowest BCUT2D eigenvalue weighted by molar-refractivity contribution is -0.130. The number of guanidine groups is 1. The highest BCUT2D eigenvalue weighted by Crippen LogP contribution is 2.11. The molecule has 2 N–H and O–H groups in total. The molecule has 6 nitrogen and oxygen atoms in total. The number of carbonyl (C=O) groups is 1. The van der Waals surface area contributed by atoms with Crippen LogP contribution in [0.3, 0.4) is 0 Å². The van der Waals surface area contributed by atoms with Crippen molar-refractivity contribution in [2.75, 3.05) is 26.2 Å². The Labute approximate surface area is 144 Å². The van der Waals surface area contributed by atoms with Gasteiger partial charge in [-0.15, -0.1) is 0 Å². The average Bonchev–Trinajstić information content (AvgIpc) is 2.81. The quantitative estimate of drug-likeness (QED) is 0.455. The topological polar surface area (TPSA) is 69.6 Å². The second-order valence-corrected chi connectivity index (χ2v) is 5.99. The van der Waals surface area contributed by atoms with E-state index in [1.807, 2.05) is 30.0 Å². The molecule has 1 aromatic heterocycles. The van der Waals surface area contributed by atoms with Crippen LogP contribution in [0.15, 0.2) is 29.4 Å². The molecule has 2 rings (SSSR count). The zero-order valence-electron chi connectivity index (χ0n) is 14.6. The second-order valence-electron chi connectivity index (χ2n) is 5.99. The smallest absolute Gasteiger partial charge is 0.222 e. The van der Waals surface area contributed by atoms with Crippen LogP contribution in [0.1, 0.15) is 44.7 Å². The van der Waals surface area contributed by atoms with Gasteiger partial charge >= 0.3 is 0 Å². The predicted molar refractivity (Wildman–Crippen MR) is 96.7 cm³/mol. The lowest BCUT2D eigenvalue weighted by Crippen LogP contribution is -2.39. The molecule has 1 fully saturated rings. The zero-order valence-corrected chi connectivity index (χ0v) is 14.6. The van der Waals surface area contributed by atoms with Crippen LogP contribution in [0, 0.1) is 0 Å². The molecule has 1 aliphatic rings. The highest BCUT2D eigenvalue weighted by atomic mass is 16.2. The van der Waals surface area contributed by atoms with Crippen molar-refractivity contribution in [2.45, 2.75) is 45.6 Å². The van der Waals surface area contributed by atoms with Gasteiger partial charge in [0.05, 0.1) is 12.2 Å². The van der Waals surface area contributed by atoms with Crippen LogP contribution < -0.4 is 10.6 Å². The Kier molecular flexibility index (Phi) is 8.07. The van der Waals surface area contributed by atoms with Gasteiger partial charge in [0.25, 0.3) is 0 Å². The first kappa shape index (κ1) is 18.2. The van der Waals surface area contributed by atoms with Crippen LogP contribution in [0.2, 0.25) is 0 Å². The Morgan fingerprint density at radius 1 is 1.29 bits per heavy atom. The minimum absolute atomic E-state index is 0.309. The normalized spacial score (nSPS) is 16.0. The first-order chi connectivity index (χ1) is 11.8. The van der Waals surface area contributed by atoms with Gasteiger partial charge in [0, 0.05) is 38.8 Å². The standard InChI is InChI=1S/C18H29N5O/c1-2-19-18(22-15-16-9-5-6-11-20-16)21-12-8-14-23-13-7-3-4-10-17(23)24/h5-6,9,11H,2-4,7-8,10,12-15H2,1H3,(H2,19,21,22). The summed E-state index contributed by atoms with van der Waals surface area (Å²) >= 11 is 0. The van der Waals surface area contributed by atoms with Crippen molar-refractivity contribution in [3.05, 3.63) is 30.1 Å². The number of hydrogen-bond donors (Lipinski definition) is 2. The fourth-order valence-electron chi connectivity index (χ4n) is 2.75. The minimum atomic E-state index is 0.309. The third-order valence-electron chi connectivity index (χ3n) is 4.04. The summed E-state index contributed by atoms with van der Waals surface area (Å²) in [6.07, 6.45) is 6.77. The van der Waals surface area contributed by atoms with E-state index >= 15 is 0 Å². The van der Waals surface area contributed by atoms with Crippen molar-refractivity contribution in [3.63, 3.8) is 0 Å². The molecule has 0 atom stereocenters. The summed E-state index contributed by atoms with van der Waals surface area (Å²) in [7, 11) is 0. The van der Waals surface area contributed by atoms with Gasteiger partial charge in [-0.05, 0) is 38.3 Å². The van der Waals surface area contributed by atoms with E-state index in [2.05, 4.69) is 20.6 Å². The van der Waals surface area contributed by atoms with Gasteiger partial charge in [-0.3, -0.25) is 9.78 Å². The summed E-state index contributed by atoms with van der Waals surface area (Å²) in [6, 6.07) is 5.84. The van der Waals surface area contributed by atoms with Gasteiger partial charge in [0.15, 0.2) is 5.96 Å². The van der Waals surface area contributed by atoms with Crippen molar-refractivity contribution in [1.82, 2.24) is 20.5 Å². The van der Waals surface area contributed by atoms with E-state index in [1.54, 1.807) is 6.20 Å². The van der Waals surface area contributed by atoms with Crippen LogP contribution in [0.25, 0.3) is 0 Å². The molecule has 2 heterocycles. The molecule has 24 heavy (non-hydrogen) atoms. The van der Waals surface area contributed by atoms with E-state index in [9.17, 15) is 4.79 Å². The zero-order chi connectivity index (χ0) is 17.0. The number of amides is 1. The van der Waals surface area contributed by atoms with Gasteiger partial charge in [0.1, 0.15) is 0 Å². The van der Waals surface area contributed by atoms with Gasteiger partial charge in [-0.1, -0.05) is 12.5 Å². The summed E-state index contributed by atoms with van der Waals surface area (Å²) in [5.74, 6) is 1.11. The molecule has 1 saturated heterocycles. The van der Waals surface area contributed by atoms with Gasteiger partial charge in [-0.25, -0.2) is 4.99 Å². The summed E-state index contributed by atoms with van der Waals surface area (Å²) in [5.41, 5.74) is 0.949. The molecule has 0 aromatic carbocycles. The third-order valence-corrected chi connectivity index (χ3v) is 4.04. The maximum atomic E-state index is 12.0. The molecule has 1 aromatic rings. The first-order valence-electron chi connectivity index (χ1n) is 8.99. The Balaban J connectivity index is 1.73. The highest BCUT2D eigenvalue weighted by Gasteiger charge is 2.15. The molecule has 132 valence electrons. The van der Waals surface area contributed by atoms with E-state index in [0.29, 0.717) is 18.9 Å². The molecule has 0 unspecified atom stereocenters. The van der Waals surface area contributed by atoms with Crippen LogP contribution >= 0.6 is 0 Å². The van der Waals surface area contributed by atoms with E-state index in [-0.39, 0.29) is 0 Å². The number of carbonyl (C=O) groups excluding carboxylic acids is 1. The number of nitrogens with one attached hydrogen (secondary N) is 2. The molecule has 0 aliphatic carbocycles. The molecular formula is C18H29N5O. The van der Waals surface area contributed by atoms with E-state index in [4.69, 9.17) is 0 Å². The van der Waals surface area contributed by atoms with Crippen molar-refractivity contribution in [1.29, 1.82) is 0 Å². The van der Waals surface area contributed by atoms with Crippen LogP contribution in [-0.2, 0) is 11.3 Å². The van der Waals surface area contributed by atoms with Gasteiger partial charge in [0.2, 0.25) is 5.91 Å². The molecule has 0 bridgehead atoms. The number of pyridine rings is 1. The van der Waals surface area contributed by atoms with Crippen LogP contribution in [-0.4, -0.2) is 47.9 Å². The van der Waals surface area contributed by atoms with Crippen molar-refractivity contribution in [3.8, 4) is 0 Å².